The van der Waals surface area contributed by atoms with E-state index in [0.29, 0.717) is 25.2 Å². The second-order valence-corrected chi connectivity index (χ2v) is 11.1. The van der Waals surface area contributed by atoms with E-state index in [-0.39, 0.29) is 18.4 Å². The number of hydrogen-bond donors (Lipinski definition) is 1. The van der Waals surface area contributed by atoms with E-state index < -0.39 is 11.4 Å². The largest absolute Gasteiger partial charge is 0.481 e. The van der Waals surface area contributed by atoms with Gasteiger partial charge in [0, 0.05) is 28.4 Å². The Bertz CT molecular complexity index is 1530. The summed E-state index contributed by atoms with van der Waals surface area (Å²) in [6, 6.07) is 18.5. The molecule has 210 valence electrons. The standard InChI is InChI=1S/C34H35N3O4/c1-33(2)26-14-9-11-16-28(26)36(21-22-41-24-38)30(33)18-8-6-5-7-13-25(23-35)32-34(3,4)27-15-10-12-17-29(27)37(32)20-19-31(39)40/h5-18,24H,19-22H2,1-4H3/p+1. The Morgan fingerprint density at radius 2 is 1.68 bits per heavy atom. The Morgan fingerprint density at radius 1 is 1.00 bits per heavy atom. The maximum Gasteiger partial charge on any atom is 0.309 e. The van der Waals surface area contributed by atoms with Crippen molar-refractivity contribution in [1.29, 1.82) is 5.26 Å². The van der Waals surface area contributed by atoms with Crippen LogP contribution in [0.5, 0.6) is 0 Å². The number of nitriles is 1. The van der Waals surface area contributed by atoms with Gasteiger partial charge in [-0.15, -0.1) is 0 Å². The predicted molar refractivity (Wildman–Crippen MR) is 160 cm³/mol. The topological polar surface area (TPSA) is 93.6 Å². The SMILES string of the molecule is CC1(C)C(/C(C#N)=C/C=C/C=C/C=C2\N(CCOC=O)c3ccccc3C2(C)C)=[N+](CCC(=O)O)c2ccccc21. The lowest BCUT2D eigenvalue weighted by molar-refractivity contribution is -0.437. The number of fused-ring (bicyclic) bond motifs is 2. The van der Waals surface area contributed by atoms with E-state index in [0.717, 1.165) is 28.3 Å². The molecule has 41 heavy (non-hydrogen) atoms. The molecular formula is C34H36N3O4+. The van der Waals surface area contributed by atoms with Crippen molar-refractivity contribution in [3.05, 3.63) is 107 Å². The second-order valence-electron chi connectivity index (χ2n) is 11.1. The van der Waals surface area contributed by atoms with Crippen molar-refractivity contribution in [3.63, 3.8) is 0 Å². The number of para-hydroxylation sites is 2. The van der Waals surface area contributed by atoms with Gasteiger partial charge >= 0.3 is 5.97 Å². The molecule has 4 rings (SSSR count). The summed E-state index contributed by atoms with van der Waals surface area (Å²) >= 11 is 0. The van der Waals surface area contributed by atoms with E-state index in [4.69, 9.17) is 4.74 Å². The number of carboxylic acids is 1. The van der Waals surface area contributed by atoms with Crippen molar-refractivity contribution < 1.29 is 24.0 Å². The summed E-state index contributed by atoms with van der Waals surface area (Å²) in [5, 5.41) is 19.4. The lowest BCUT2D eigenvalue weighted by Crippen LogP contribution is -2.31. The number of anilines is 1. The van der Waals surface area contributed by atoms with Crippen molar-refractivity contribution in [3.8, 4) is 6.07 Å². The normalized spacial score (nSPS) is 18.2. The first kappa shape index (κ1) is 29.3. The molecule has 7 heteroatoms. The van der Waals surface area contributed by atoms with Crippen LogP contribution in [0.25, 0.3) is 0 Å². The average molecular weight is 551 g/mol. The molecule has 0 amide bonds. The minimum Gasteiger partial charge on any atom is -0.481 e. The van der Waals surface area contributed by atoms with Crippen molar-refractivity contribution >= 4 is 29.5 Å². The second kappa shape index (κ2) is 12.2. The van der Waals surface area contributed by atoms with E-state index in [1.165, 1.54) is 5.56 Å². The predicted octanol–water partition coefficient (Wildman–Crippen LogP) is 5.95. The van der Waals surface area contributed by atoms with Gasteiger partial charge in [0.15, 0.2) is 6.54 Å². The molecule has 0 aliphatic carbocycles. The third-order valence-corrected chi connectivity index (χ3v) is 7.81. The van der Waals surface area contributed by atoms with E-state index >= 15 is 0 Å². The summed E-state index contributed by atoms with van der Waals surface area (Å²) in [5.74, 6) is -0.878. The molecule has 2 aliphatic rings. The van der Waals surface area contributed by atoms with Crippen molar-refractivity contribution in [2.75, 3.05) is 24.6 Å². The molecule has 0 saturated heterocycles. The molecule has 0 saturated carbocycles. The first-order chi connectivity index (χ1) is 19.6. The molecule has 0 atom stereocenters. The molecule has 0 fully saturated rings. The minimum absolute atomic E-state index is 0.0294. The van der Waals surface area contributed by atoms with Gasteiger partial charge in [-0.3, -0.25) is 9.59 Å². The number of rotatable bonds is 11. The number of ether oxygens (including phenoxy) is 1. The van der Waals surface area contributed by atoms with Crippen molar-refractivity contribution in [1.82, 2.24) is 0 Å². The van der Waals surface area contributed by atoms with Gasteiger partial charge in [-0.1, -0.05) is 74.5 Å². The van der Waals surface area contributed by atoms with Gasteiger partial charge in [0.05, 0.1) is 12.0 Å². The zero-order valence-corrected chi connectivity index (χ0v) is 24.0. The Labute approximate surface area is 241 Å². The molecule has 7 nitrogen and oxygen atoms in total. The van der Waals surface area contributed by atoms with Gasteiger partial charge in [0.2, 0.25) is 11.4 Å². The van der Waals surface area contributed by atoms with Crippen LogP contribution in [0.1, 0.15) is 45.2 Å². The lowest BCUT2D eigenvalue weighted by atomic mass is 9.79. The third kappa shape index (κ3) is 5.78. The molecule has 0 spiro atoms. The highest BCUT2D eigenvalue weighted by molar-refractivity contribution is 6.09. The van der Waals surface area contributed by atoms with Crippen molar-refractivity contribution in [2.24, 2.45) is 0 Å². The molecule has 0 bridgehead atoms. The van der Waals surface area contributed by atoms with Crippen LogP contribution in [0.4, 0.5) is 11.4 Å². The number of benzene rings is 2. The summed E-state index contributed by atoms with van der Waals surface area (Å²) in [6.07, 6.45) is 11.4. The van der Waals surface area contributed by atoms with E-state index in [1.54, 1.807) is 6.08 Å². The van der Waals surface area contributed by atoms with Gasteiger partial charge in [0.25, 0.3) is 6.47 Å². The monoisotopic (exact) mass is 550 g/mol. The summed E-state index contributed by atoms with van der Waals surface area (Å²) in [5.41, 5.74) is 6.05. The number of carbonyl (C=O) groups excluding carboxylic acids is 1. The highest BCUT2D eigenvalue weighted by Gasteiger charge is 2.47. The number of carboxylic acid groups (broad SMARTS) is 1. The molecule has 0 aromatic heterocycles. The lowest BCUT2D eigenvalue weighted by Gasteiger charge is -2.26. The number of carbonyl (C=O) groups is 2. The maximum absolute atomic E-state index is 11.4. The molecule has 2 aliphatic heterocycles. The zero-order valence-electron chi connectivity index (χ0n) is 24.0. The minimum atomic E-state index is -0.878. The number of hydrogen-bond acceptors (Lipinski definition) is 5. The molecule has 2 aromatic rings. The van der Waals surface area contributed by atoms with Crippen LogP contribution >= 0.6 is 0 Å². The van der Waals surface area contributed by atoms with Gasteiger partial charge in [-0.05, 0) is 37.6 Å². The van der Waals surface area contributed by atoms with Crippen LogP contribution in [0.3, 0.4) is 0 Å². The first-order valence-electron chi connectivity index (χ1n) is 13.7. The van der Waals surface area contributed by atoms with E-state index in [1.807, 2.05) is 65.3 Å². The average Bonchev–Trinajstić information content (AvgIpc) is 3.31. The van der Waals surface area contributed by atoms with Crippen LogP contribution in [-0.2, 0) is 25.2 Å². The molecule has 2 heterocycles. The zero-order chi connectivity index (χ0) is 29.6. The van der Waals surface area contributed by atoms with E-state index in [2.05, 4.69) is 56.9 Å². The van der Waals surface area contributed by atoms with Crippen LogP contribution in [0.15, 0.2) is 96.3 Å². The summed E-state index contributed by atoms with van der Waals surface area (Å²) in [6.45, 7) is 10.1. The smallest absolute Gasteiger partial charge is 0.309 e. The van der Waals surface area contributed by atoms with Crippen LogP contribution < -0.4 is 4.90 Å². The van der Waals surface area contributed by atoms with Crippen LogP contribution in [-0.4, -0.2) is 47.5 Å². The quantitative estimate of drug-likeness (QED) is 0.122. The number of allylic oxidation sites excluding steroid dienone is 8. The third-order valence-electron chi connectivity index (χ3n) is 7.81. The Kier molecular flexibility index (Phi) is 8.73. The summed E-state index contributed by atoms with van der Waals surface area (Å²) in [4.78, 5) is 24.3. The van der Waals surface area contributed by atoms with Crippen molar-refractivity contribution in [2.45, 2.75) is 44.9 Å². The summed E-state index contributed by atoms with van der Waals surface area (Å²) in [7, 11) is 0. The molecule has 0 radical (unpaired) electrons. The van der Waals surface area contributed by atoms with Gasteiger partial charge < -0.3 is 14.7 Å². The Balaban J connectivity index is 1.60. The summed E-state index contributed by atoms with van der Waals surface area (Å²) < 4.78 is 6.95. The number of nitrogens with zero attached hydrogens (tertiary/aromatic N) is 3. The van der Waals surface area contributed by atoms with Gasteiger partial charge in [-0.25, -0.2) is 0 Å². The Morgan fingerprint density at radius 3 is 2.39 bits per heavy atom. The fraction of sp³-hybridized carbons (Fsp3) is 0.294. The first-order valence-corrected chi connectivity index (χ1v) is 13.7. The highest BCUT2D eigenvalue weighted by Crippen LogP contribution is 2.47. The highest BCUT2D eigenvalue weighted by atomic mass is 16.5. The van der Waals surface area contributed by atoms with Crippen LogP contribution in [0.2, 0.25) is 0 Å². The molecule has 1 N–H and O–H groups in total. The molecule has 2 aromatic carbocycles. The fourth-order valence-electron chi connectivity index (χ4n) is 5.91. The Hall–Kier alpha value is -4.70. The van der Waals surface area contributed by atoms with E-state index in [9.17, 15) is 20.0 Å². The maximum atomic E-state index is 11.4. The van der Waals surface area contributed by atoms with Gasteiger partial charge in [0.1, 0.15) is 24.7 Å². The number of aliphatic carboxylic acids is 1. The van der Waals surface area contributed by atoms with Gasteiger partial charge in [-0.2, -0.15) is 9.84 Å². The molecular weight excluding hydrogens is 514 g/mol. The fourth-order valence-corrected chi connectivity index (χ4v) is 5.91. The molecule has 0 unspecified atom stereocenters. The van der Waals surface area contributed by atoms with Crippen LogP contribution in [0, 0.1) is 11.3 Å².